The summed E-state index contributed by atoms with van der Waals surface area (Å²) in [4.78, 5) is 6.96. The Hall–Kier alpha value is -2.08. The number of benzene rings is 1. The van der Waals surface area contributed by atoms with Crippen LogP contribution in [0.1, 0.15) is 30.4 Å². The Morgan fingerprint density at radius 2 is 1.79 bits per heavy atom. The van der Waals surface area contributed by atoms with Gasteiger partial charge in [-0.25, -0.2) is 13.4 Å². The number of aromatic nitrogens is 1. The molecular formula is C18H23N3O2S. The highest BCUT2D eigenvalue weighted by atomic mass is 32.2. The van der Waals surface area contributed by atoms with Crippen molar-refractivity contribution >= 4 is 21.5 Å². The zero-order chi connectivity index (χ0) is 17.2. The van der Waals surface area contributed by atoms with E-state index < -0.39 is 10.0 Å². The molecule has 0 bridgehead atoms. The highest BCUT2D eigenvalue weighted by molar-refractivity contribution is 7.92. The van der Waals surface area contributed by atoms with Crippen LogP contribution in [0.4, 0.5) is 11.5 Å². The Bertz CT molecular complexity index is 811. The van der Waals surface area contributed by atoms with Gasteiger partial charge in [0.25, 0.3) is 10.0 Å². The van der Waals surface area contributed by atoms with Crippen LogP contribution < -0.4 is 9.62 Å². The molecule has 1 saturated heterocycles. The molecule has 1 aromatic carbocycles. The summed E-state index contributed by atoms with van der Waals surface area (Å²) in [7, 11) is -3.60. The lowest BCUT2D eigenvalue weighted by Gasteiger charge is -2.27. The Morgan fingerprint density at radius 3 is 2.42 bits per heavy atom. The molecule has 0 radical (unpaired) electrons. The van der Waals surface area contributed by atoms with Gasteiger partial charge in [0.05, 0.1) is 16.8 Å². The second kappa shape index (κ2) is 6.81. The largest absolute Gasteiger partial charge is 0.357 e. The highest BCUT2D eigenvalue weighted by Crippen LogP contribution is 2.22. The molecule has 2 aromatic rings. The summed E-state index contributed by atoms with van der Waals surface area (Å²) in [5, 5.41) is 0. The van der Waals surface area contributed by atoms with E-state index in [1.54, 1.807) is 31.3 Å². The van der Waals surface area contributed by atoms with E-state index in [0.717, 1.165) is 30.0 Å². The van der Waals surface area contributed by atoms with E-state index in [1.165, 1.54) is 19.3 Å². The topological polar surface area (TPSA) is 62.3 Å². The third kappa shape index (κ3) is 3.70. The molecule has 24 heavy (non-hydrogen) atoms. The second-order valence-corrected chi connectivity index (χ2v) is 7.98. The second-order valence-electron chi connectivity index (χ2n) is 6.33. The number of anilines is 2. The van der Waals surface area contributed by atoms with Crippen molar-refractivity contribution < 1.29 is 8.42 Å². The minimum absolute atomic E-state index is 0.299. The quantitative estimate of drug-likeness (QED) is 0.921. The summed E-state index contributed by atoms with van der Waals surface area (Å²) in [6.45, 7) is 5.78. The fraction of sp³-hybridized carbons (Fsp3) is 0.389. The smallest absolute Gasteiger partial charge is 0.262 e. The molecule has 5 nitrogen and oxygen atoms in total. The first kappa shape index (κ1) is 16.8. The van der Waals surface area contributed by atoms with Gasteiger partial charge in [-0.1, -0.05) is 17.7 Å². The van der Waals surface area contributed by atoms with E-state index in [2.05, 4.69) is 14.6 Å². The standard InChI is InChI=1S/C18H23N3O2S/c1-14-6-8-17(15(2)12-14)24(22,23)20-16-7-9-18(19-13-16)21-10-4-3-5-11-21/h6-9,12-13,20H,3-5,10-11H2,1-2H3. The summed E-state index contributed by atoms with van der Waals surface area (Å²) in [5.41, 5.74) is 2.26. The lowest BCUT2D eigenvalue weighted by Crippen LogP contribution is -2.30. The molecule has 1 fully saturated rings. The van der Waals surface area contributed by atoms with Crippen LogP contribution in [-0.4, -0.2) is 26.5 Å². The predicted molar refractivity (Wildman–Crippen MR) is 97.0 cm³/mol. The maximum Gasteiger partial charge on any atom is 0.262 e. The first-order valence-corrected chi connectivity index (χ1v) is 9.75. The molecule has 0 unspecified atom stereocenters. The molecule has 0 aliphatic carbocycles. The van der Waals surface area contributed by atoms with Gasteiger partial charge in [0.15, 0.2) is 0 Å². The van der Waals surface area contributed by atoms with Crippen LogP contribution >= 0.6 is 0 Å². The number of pyridine rings is 1. The van der Waals surface area contributed by atoms with Crippen LogP contribution in [0, 0.1) is 13.8 Å². The molecule has 0 saturated carbocycles. The van der Waals surface area contributed by atoms with Gasteiger partial charge < -0.3 is 4.90 Å². The molecule has 1 aromatic heterocycles. The van der Waals surface area contributed by atoms with Crippen molar-refractivity contribution in [2.45, 2.75) is 38.0 Å². The number of nitrogens with zero attached hydrogens (tertiary/aromatic N) is 2. The van der Waals surface area contributed by atoms with Crippen molar-refractivity contribution in [3.63, 3.8) is 0 Å². The average molecular weight is 345 g/mol. The Morgan fingerprint density at radius 1 is 1.04 bits per heavy atom. The third-order valence-corrected chi connectivity index (χ3v) is 5.84. The SMILES string of the molecule is Cc1ccc(S(=O)(=O)Nc2ccc(N3CCCCC3)nc2)c(C)c1. The summed E-state index contributed by atoms with van der Waals surface area (Å²) in [6.07, 6.45) is 5.22. The Balaban J connectivity index is 1.77. The van der Waals surface area contributed by atoms with Crippen molar-refractivity contribution in [2.24, 2.45) is 0 Å². The summed E-state index contributed by atoms with van der Waals surface area (Å²) in [5.74, 6) is 0.907. The number of sulfonamides is 1. The molecule has 128 valence electrons. The predicted octanol–water partition coefficient (Wildman–Crippen LogP) is 3.49. The summed E-state index contributed by atoms with van der Waals surface area (Å²) < 4.78 is 27.8. The van der Waals surface area contributed by atoms with Gasteiger partial charge in [0.2, 0.25) is 0 Å². The van der Waals surface area contributed by atoms with Gasteiger partial charge in [-0.2, -0.15) is 0 Å². The van der Waals surface area contributed by atoms with E-state index >= 15 is 0 Å². The molecule has 6 heteroatoms. The van der Waals surface area contributed by atoms with E-state index in [0.29, 0.717) is 10.6 Å². The summed E-state index contributed by atoms with van der Waals surface area (Å²) >= 11 is 0. The number of hydrogen-bond acceptors (Lipinski definition) is 4. The van der Waals surface area contributed by atoms with Crippen LogP contribution in [-0.2, 0) is 10.0 Å². The van der Waals surface area contributed by atoms with E-state index in [4.69, 9.17) is 0 Å². The van der Waals surface area contributed by atoms with Crippen LogP contribution in [0.5, 0.6) is 0 Å². The van der Waals surface area contributed by atoms with Crippen molar-refractivity contribution in [2.75, 3.05) is 22.7 Å². The number of rotatable bonds is 4. The molecule has 1 aliphatic rings. The maximum atomic E-state index is 12.6. The minimum Gasteiger partial charge on any atom is -0.357 e. The zero-order valence-electron chi connectivity index (χ0n) is 14.1. The Kier molecular flexibility index (Phi) is 4.76. The highest BCUT2D eigenvalue weighted by Gasteiger charge is 2.17. The molecule has 0 amide bonds. The molecule has 0 spiro atoms. The van der Waals surface area contributed by atoms with Crippen molar-refractivity contribution in [3.05, 3.63) is 47.7 Å². The zero-order valence-corrected chi connectivity index (χ0v) is 14.9. The third-order valence-electron chi connectivity index (χ3n) is 4.30. The van der Waals surface area contributed by atoms with Crippen LogP contribution in [0.3, 0.4) is 0 Å². The minimum atomic E-state index is -3.60. The molecule has 1 aliphatic heterocycles. The van der Waals surface area contributed by atoms with Gasteiger partial charge in [-0.15, -0.1) is 0 Å². The molecule has 3 rings (SSSR count). The van der Waals surface area contributed by atoms with E-state index in [1.807, 2.05) is 19.1 Å². The lowest BCUT2D eigenvalue weighted by atomic mass is 10.1. The average Bonchev–Trinajstić information content (AvgIpc) is 2.55. The lowest BCUT2D eigenvalue weighted by molar-refractivity contribution is 0.573. The first-order valence-electron chi connectivity index (χ1n) is 8.27. The van der Waals surface area contributed by atoms with Crippen molar-refractivity contribution in [1.29, 1.82) is 0 Å². The molecule has 1 N–H and O–H groups in total. The van der Waals surface area contributed by atoms with Crippen LogP contribution in [0.2, 0.25) is 0 Å². The monoisotopic (exact) mass is 345 g/mol. The van der Waals surface area contributed by atoms with Gasteiger partial charge in [0.1, 0.15) is 5.82 Å². The van der Waals surface area contributed by atoms with Crippen LogP contribution in [0.25, 0.3) is 0 Å². The number of nitrogens with one attached hydrogen (secondary N) is 1. The van der Waals surface area contributed by atoms with Gasteiger partial charge in [0, 0.05) is 13.1 Å². The van der Waals surface area contributed by atoms with Gasteiger partial charge in [-0.05, 0) is 56.9 Å². The fourth-order valence-electron chi connectivity index (χ4n) is 3.07. The van der Waals surface area contributed by atoms with Gasteiger partial charge >= 0.3 is 0 Å². The molecule has 2 heterocycles. The van der Waals surface area contributed by atoms with Crippen molar-refractivity contribution in [3.8, 4) is 0 Å². The van der Waals surface area contributed by atoms with E-state index in [9.17, 15) is 8.42 Å². The maximum absolute atomic E-state index is 12.6. The number of piperidine rings is 1. The fourth-order valence-corrected chi connectivity index (χ4v) is 4.34. The normalized spacial score (nSPS) is 15.3. The van der Waals surface area contributed by atoms with Gasteiger partial charge in [-0.3, -0.25) is 4.72 Å². The van der Waals surface area contributed by atoms with Crippen LogP contribution in [0.15, 0.2) is 41.4 Å². The molecular weight excluding hydrogens is 322 g/mol. The summed E-state index contributed by atoms with van der Waals surface area (Å²) in [6, 6.07) is 8.97. The Labute approximate surface area is 143 Å². The number of aryl methyl sites for hydroxylation is 2. The van der Waals surface area contributed by atoms with Crippen molar-refractivity contribution in [1.82, 2.24) is 4.98 Å². The first-order chi connectivity index (χ1) is 11.5. The number of hydrogen-bond donors (Lipinski definition) is 1. The molecule has 0 atom stereocenters. The van der Waals surface area contributed by atoms with E-state index in [-0.39, 0.29) is 0 Å².